The van der Waals surface area contributed by atoms with Crippen LogP contribution in [0.25, 0.3) is 0 Å². The van der Waals surface area contributed by atoms with Crippen molar-refractivity contribution in [3.63, 3.8) is 0 Å². The maximum atomic E-state index is 6.29. The van der Waals surface area contributed by atoms with Gasteiger partial charge in [0.15, 0.2) is 0 Å². The van der Waals surface area contributed by atoms with Crippen molar-refractivity contribution in [3.05, 3.63) is 0 Å². The second kappa shape index (κ2) is 5.34. The molecule has 0 radical (unpaired) electrons. The summed E-state index contributed by atoms with van der Waals surface area (Å²) in [6.45, 7) is 4.65. The van der Waals surface area contributed by atoms with Crippen molar-refractivity contribution in [2.24, 2.45) is 11.8 Å². The summed E-state index contributed by atoms with van der Waals surface area (Å²) >= 11 is 0. The quantitative estimate of drug-likeness (QED) is 0.784. The Kier molecular flexibility index (Phi) is 3.55. The summed E-state index contributed by atoms with van der Waals surface area (Å²) < 4.78 is 6.29. The molecule has 4 fully saturated rings. The number of hydrogen-bond acceptors (Lipinski definition) is 3. The lowest BCUT2D eigenvalue weighted by atomic mass is 9.82. The van der Waals surface area contributed by atoms with Gasteiger partial charge in [-0.15, -0.1) is 0 Å². The predicted molar refractivity (Wildman–Crippen MR) is 76.2 cm³/mol. The molecule has 1 saturated carbocycles. The molecule has 5 unspecified atom stereocenters. The van der Waals surface area contributed by atoms with Crippen molar-refractivity contribution < 1.29 is 4.74 Å². The molecule has 0 aromatic heterocycles. The number of nitrogens with one attached hydrogen (secondary N) is 1. The third-order valence-corrected chi connectivity index (χ3v) is 6.15. The van der Waals surface area contributed by atoms with Gasteiger partial charge in [0.2, 0.25) is 0 Å². The first-order valence-corrected chi connectivity index (χ1v) is 8.52. The number of hydrogen-bond donors (Lipinski definition) is 1. The van der Waals surface area contributed by atoms with E-state index in [0.717, 1.165) is 18.4 Å². The molecule has 0 amide bonds. The average Bonchev–Trinajstić information content (AvgIpc) is 3.04. The zero-order valence-electron chi connectivity index (χ0n) is 12.0. The fourth-order valence-electron chi connectivity index (χ4n) is 5.30. The molecule has 3 aliphatic heterocycles. The topological polar surface area (TPSA) is 24.5 Å². The first-order valence-electron chi connectivity index (χ1n) is 8.52. The van der Waals surface area contributed by atoms with E-state index in [2.05, 4.69) is 10.2 Å². The van der Waals surface area contributed by atoms with E-state index in [1.54, 1.807) is 0 Å². The molecular formula is C16H28N2O. The summed E-state index contributed by atoms with van der Waals surface area (Å²) in [6, 6.07) is 1.35. The SMILES string of the molecule is C1CNC(C2OCCN3CCCC23)C2CCCC2C1. The summed E-state index contributed by atoms with van der Waals surface area (Å²) in [4.78, 5) is 2.70. The molecule has 3 heterocycles. The molecule has 0 aromatic carbocycles. The van der Waals surface area contributed by atoms with Crippen LogP contribution < -0.4 is 5.32 Å². The average molecular weight is 264 g/mol. The van der Waals surface area contributed by atoms with E-state index in [1.807, 2.05) is 0 Å². The van der Waals surface area contributed by atoms with Gasteiger partial charge in [-0.25, -0.2) is 0 Å². The number of ether oxygens (including phenoxy) is 1. The first-order chi connectivity index (χ1) is 9.43. The second-order valence-corrected chi connectivity index (χ2v) is 7.06. The molecule has 108 valence electrons. The normalized spacial score (nSPS) is 47.7. The molecule has 1 N–H and O–H groups in total. The van der Waals surface area contributed by atoms with Gasteiger partial charge in [-0.3, -0.25) is 4.90 Å². The zero-order valence-corrected chi connectivity index (χ0v) is 12.0. The van der Waals surface area contributed by atoms with E-state index in [-0.39, 0.29) is 0 Å². The summed E-state index contributed by atoms with van der Waals surface area (Å²) in [7, 11) is 0. The van der Waals surface area contributed by atoms with E-state index >= 15 is 0 Å². The van der Waals surface area contributed by atoms with Crippen molar-refractivity contribution in [3.8, 4) is 0 Å². The molecule has 4 aliphatic rings. The lowest BCUT2D eigenvalue weighted by Crippen LogP contribution is -2.58. The fraction of sp³-hybridized carbons (Fsp3) is 1.00. The van der Waals surface area contributed by atoms with Gasteiger partial charge in [0.1, 0.15) is 0 Å². The summed E-state index contributed by atoms with van der Waals surface area (Å²) in [6.07, 6.45) is 10.4. The van der Waals surface area contributed by atoms with Gasteiger partial charge in [0, 0.05) is 18.6 Å². The number of nitrogens with zero attached hydrogens (tertiary/aromatic N) is 1. The lowest BCUT2D eigenvalue weighted by molar-refractivity contribution is -0.0827. The van der Waals surface area contributed by atoms with Gasteiger partial charge in [-0.05, 0) is 57.0 Å². The smallest absolute Gasteiger partial charge is 0.0886 e. The highest BCUT2D eigenvalue weighted by Gasteiger charge is 2.45. The van der Waals surface area contributed by atoms with Gasteiger partial charge >= 0.3 is 0 Å². The minimum absolute atomic E-state index is 0.472. The lowest BCUT2D eigenvalue weighted by Gasteiger charge is -2.43. The van der Waals surface area contributed by atoms with Gasteiger partial charge in [-0.1, -0.05) is 12.8 Å². The van der Waals surface area contributed by atoms with Crippen molar-refractivity contribution in [1.29, 1.82) is 0 Å². The molecule has 0 aromatic rings. The van der Waals surface area contributed by atoms with Crippen molar-refractivity contribution in [2.75, 3.05) is 26.2 Å². The zero-order chi connectivity index (χ0) is 12.7. The molecular weight excluding hydrogens is 236 g/mol. The van der Waals surface area contributed by atoms with Crippen LogP contribution in [-0.4, -0.2) is 49.3 Å². The first kappa shape index (κ1) is 12.6. The highest BCUT2D eigenvalue weighted by molar-refractivity contribution is 5.00. The second-order valence-electron chi connectivity index (χ2n) is 7.06. The third-order valence-electron chi connectivity index (χ3n) is 6.15. The Hall–Kier alpha value is -0.120. The van der Waals surface area contributed by atoms with E-state index in [0.29, 0.717) is 18.2 Å². The Labute approximate surface area is 117 Å². The highest BCUT2D eigenvalue weighted by atomic mass is 16.5. The minimum atomic E-state index is 0.472. The number of rotatable bonds is 1. The summed E-state index contributed by atoms with van der Waals surface area (Å²) in [5, 5.41) is 3.88. The largest absolute Gasteiger partial charge is 0.374 e. The molecule has 5 atom stereocenters. The molecule has 19 heavy (non-hydrogen) atoms. The Balaban J connectivity index is 1.55. The van der Waals surface area contributed by atoms with Crippen LogP contribution in [0.5, 0.6) is 0 Å². The minimum Gasteiger partial charge on any atom is -0.374 e. The fourth-order valence-corrected chi connectivity index (χ4v) is 5.30. The maximum Gasteiger partial charge on any atom is 0.0886 e. The highest BCUT2D eigenvalue weighted by Crippen LogP contribution is 2.41. The van der Waals surface area contributed by atoms with Crippen molar-refractivity contribution >= 4 is 0 Å². The van der Waals surface area contributed by atoms with E-state index in [1.165, 1.54) is 64.6 Å². The van der Waals surface area contributed by atoms with Gasteiger partial charge < -0.3 is 10.1 Å². The molecule has 3 nitrogen and oxygen atoms in total. The van der Waals surface area contributed by atoms with Crippen LogP contribution in [0.3, 0.4) is 0 Å². The van der Waals surface area contributed by atoms with Crippen LogP contribution in [-0.2, 0) is 4.74 Å². The van der Waals surface area contributed by atoms with Crippen LogP contribution in [0.1, 0.15) is 44.9 Å². The van der Waals surface area contributed by atoms with Gasteiger partial charge in [0.05, 0.1) is 12.7 Å². The standard InChI is InChI=1S/C16H28N2O/c1-4-12-5-2-8-17-15(13(12)6-1)16-14-7-3-9-18(14)10-11-19-16/h12-17H,1-11H2. The van der Waals surface area contributed by atoms with E-state index < -0.39 is 0 Å². The molecule has 0 spiro atoms. The van der Waals surface area contributed by atoms with Crippen LogP contribution >= 0.6 is 0 Å². The van der Waals surface area contributed by atoms with Gasteiger partial charge in [0.25, 0.3) is 0 Å². The van der Waals surface area contributed by atoms with Crippen LogP contribution in [0.4, 0.5) is 0 Å². The van der Waals surface area contributed by atoms with Crippen LogP contribution in [0, 0.1) is 11.8 Å². The van der Waals surface area contributed by atoms with Gasteiger partial charge in [-0.2, -0.15) is 0 Å². The van der Waals surface area contributed by atoms with E-state index in [4.69, 9.17) is 4.74 Å². The molecule has 0 bridgehead atoms. The molecule has 1 aliphatic carbocycles. The molecule has 4 rings (SSSR count). The van der Waals surface area contributed by atoms with Crippen LogP contribution in [0.2, 0.25) is 0 Å². The monoisotopic (exact) mass is 264 g/mol. The summed E-state index contributed by atoms with van der Waals surface area (Å²) in [5.74, 6) is 1.88. The Morgan fingerprint density at radius 1 is 0.947 bits per heavy atom. The van der Waals surface area contributed by atoms with E-state index in [9.17, 15) is 0 Å². The van der Waals surface area contributed by atoms with Crippen molar-refractivity contribution in [1.82, 2.24) is 10.2 Å². The molecule has 3 saturated heterocycles. The predicted octanol–water partition coefficient (Wildman–Crippen LogP) is 2.02. The molecule has 3 heteroatoms. The Morgan fingerprint density at radius 3 is 2.89 bits per heavy atom. The Morgan fingerprint density at radius 2 is 1.89 bits per heavy atom. The Bertz CT molecular complexity index is 322. The maximum absolute atomic E-state index is 6.29. The number of morpholine rings is 1. The van der Waals surface area contributed by atoms with Crippen molar-refractivity contribution in [2.45, 2.75) is 63.1 Å². The third kappa shape index (κ3) is 2.24. The number of fused-ring (bicyclic) bond motifs is 2. The van der Waals surface area contributed by atoms with Crippen LogP contribution in [0.15, 0.2) is 0 Å². The summed E-state index contributed by atoms with van der Waals surface area (Å²) in [5.41, 5.74) is 0.